The summed E-state index contributed by atoms with van der Waals surface area (Å²) in [4.78, 5) is 0. The average molecular weight is 897 g/mol. The number of hydrogen-bond acceptors (Lipinski definition) is 1. The van der Waals surface area contributed by atoms with E-state index in [4.69, 9.17) is 0.889 Å². The molecule has 6 rings (SSSR count). The van der Waals surface area contributed by atoms with Crippen molar-refractivity contribution in [3.63, 3.8) is 0 Å². The van der Waals surface area contributed by atoms with Crippen LogP contribution in [0.3, 0.4) is 0 Å². The van der Waals surface area contributed by atoms with Crippen molar-refractivity contribution in [1.29, 1.82) is 0 Å². The topological polar surface area (TPSA) is 9.23 Å². The number of benzene rings is 6. The zero-order chi connectivity index (χ0) is 26.4. The van der Waals surface area contributed by atoms with Gasteiger partial charge in [-0.15, -0.1) is 0 Å². The van der Waals surface area contributed by atoms with E-state index in [0.29, 0.717) is 0 Å². The third-order valence-corrected chi connectivity index (χ3v) is 49.5. The van der Waals surface area contributed by atoms with Crippen molar-refractivity contribution in [2.24, 2.45) is 0 Å². The molecule has 0 bridgehead atoms. The van der Waals surface area contributed by atoms with Crippen molar-refractivity contribution in [2.75, 3.05) is 0 Å². The first-order valence-corrected chi connectivity index (χ1v) is 26.4. The fourth-order valence-corrected chi connectivity index (χ4v) is 61.4. The maximum atomic E-state index is 8.37. The Hall–Kier alpha value is -2.95. The molecule has 39 heavy (non-hydrogen) atoms. The van der Waals surface area contributed by atoms with Gasteiger partial charge in [0.15, 0.2) is 0 Å². The summed E-state index contributed by atoms with van der Waals surface area (Å²) in [6, 6.07) is 66.3. The molecule has 6 aromatic rings. The van der Waals surface area contributed by atoms with Gasteiger partial charge in [-0.05, 0) is 0 Å². The van der Waals surface area contributed by atoms with Gasteiger partial charge < -0.3 is 0 Å². The summed E-state index contributed by atoms with van der Waals surface area (Å²) in [6.07, 6.45) is 0. The molecule has 0 aliphatic rings. The van der Waals surface area contributed by atoms with Crippen LogP contribution < -0.4 is 19.6 Å². The first-order valence-electron chi connectivity index (χ1n) is 13.2. The molecule has 0 N–H and O–H groups in total. The quantitative estimate of drug-likeness (QED) is 0.207. The summed E-state index contributed by atoms with van der Waals surface area (Å²) in [5, 5.41) is 0. The van der Waals surface area contributed by atoms with Crippen LogP contribution in [0.2, 0.25) is 0 Å². The standard InChI is InChI=1S/6C6H5.2Bi.O/c6*1-2-4-6-5-3-1;;;/h6*1-5H;;;. The van der Waals surface area contributed by atoms with Crippen molar-refractivity contribution in [3.8, 4) is 0 Å². The van der Waals surface area contributed by atoms with Crippen molar-refractivity contribution in [3.05, 3.63) is 182 Å². The molecule has 1 nitrogen and oxygen atoms in total. The fraction of sp³-hybridized carbons (Fsp3) is 0. The van der Waals surface area contributed by atoms with E-state index in [9.17, 15) is 0 Å². The molecule has 0 unspecified atom stereocenters. The maximum absolute atomic E-state index is 8.37. The third kappa shape index (κ3) is 5.05. The first-order chi connectivity index (χ1) is 19.3. The van der Waals surface area contributed by atoms with Gasteiger partial charge in [0.2, 0.25) is 0 Å². The monoisotopic (exact) mass is 896 g/mol. The Kier molecular flexibility index (Phi) is 8.12. The normalized spacial score (nSPS) is 11.7. The molecule has 190 valence electrons. The van der Waals surface area contributed by atoms with Gasteiger partial charge in [-0.3, -0.25) is 0 Å². The van der Waals surface area contributed by atoms with Crippen molar-refractivity contribution >= 4 is 61.0 Å². The average Bonchev–Trinajstić information content (AvgIpc) is 3.04. The van der Waals surface area contributed by atoms with E-state index < -0.39 is 41.4 Å². The van der Waals surface area contributed by atoms with E-state index in [0.717, 1.165) is 0 Å². The minimum atomic E-state index is -4.21. The van der Waals surface area contributed by atoms with Gasteiger partial charge in [-0.2, -0.15) is 0 Å². The van der Waals surface area contributed by atoms with Gasteiger partial charge in [0.05, 0.1) is 0 Å². The van der Waals surface area contributed by atoms with Crippen LogP contribution >= 0.6 is 0 Å². The van der Waals surface area contributed by atoms with E-state index in [1.54, 1.807) is 0 Å². The molecule has 2 radical (unpaired) electrons. The molecule has 0 heterocycles. The Balaban J connectivity index is 1.76. The summed E-state index contributed by atoms with van der Waals surface area (Å²) in [5.74, 6) is 0. The molecular weight excluding hydrogens is 866 g/mol. The molecule has 6 aromatic carbocycles. The Morgan fingerprint density at radius 2 is 0.385 bits per heavy atom. The summed E-state index contributed by atoms with van der Waals surface area (Å²) >= 11 is -8.42. The second kappa shape index (κ2) is 12.1. The Bertz CT molecular complexity index is 1270. The summed E-state index contributed by atoms with van der Waals surface area (Å²) in [7, 11) is 0. The molecule has 0 spiro atoms. The molecular formula is C36H30Bi2O. The molecule has 0 saturated carbocycles. The molecule has 3 heteroatoms. The van der Waals surface area contributed by atoms with Gasteiger partial charge in [-0.1, -0.05) is 0 Å². The van der Waals surface area contributed by atoms with Crippen molar-refractivity contribution in [1.82, 2.24) is 0 Å². The molecule has 0 atom stereocenters. The van der Waals surface area contributed by atoms with Crippen LogP contribution in [0, 0.1) is 0 Å². The second-order valence-corrected chi connectivity index (χ2v) is 37.0. The third-order valence-electron chi connectivity index (χ3n) is 6.96. The Labute approximate surface area is 241 Å². The van der Waals surface area contributed by atoms with E-state index in [2.05, 4.69) is 182 Å². The minimum absolute atomic E-state index is 1.33. The van der Waals surface area contributed by atoms with Gasteiger partial charge in [0.1, 0.15) is 0 Å². The number of hydrogen-bond donors (Lipinski definition) is 0. The molecule has 0 aliphatic carbocycles. The fourth-order valence-electron chi connectivity index (χ4n) is 5.19. The van der Waals surface area contributed by atoms with Gasteiger partial charge >= 0.3 is 244 Å². The van der Waals surface area contributed by atoms with Crippen LogP contribution in [0.15, 0.2) is 182 Å². The molecule has 0 aromatic heterocycles. The van der Waals surface area contributed by atoms with E-state index in [1.807, 2.05) is 0 Å². The van der Waals surface area contributed by atoms with Crippen LogP contribution in [-0.2, 0) is 0.889 Å². The van der Waals surface area contributed by atoms with Gasteiger partial charge in [0.25, 0.3) is 0 Å². The molecule has 0 aliphatic heterocycles. The van der Waals surface area contributed by atoms with Crippen molar-refractivity contribution in [2.45, 2.75) is 0 Å². The summed E-state index contributed by atoms with van der Waals surface area (Å²) in [5.41, 5.74) is 0. The van der Waals surface area contributed by atoms with Gasteiger partial charge in [-0.25, -0.2) is 0 Å². The van der Waals surface area contributed by atoms with Crippen LogP contribution in [0.25, 0.3) is 0 Å². The Morgan fingerprint density at radius 3 is 0.538 bits per heavy atom. The SMILES string of the molecule is c1cc[c]([Bi]([O][Bi]([c]2ccccc2)([c]2ccccc2)[c]2ccccc2)([c]2ccccc2)[c]2ccccc2)cc1. The Morgan fingerprint density at radius 1 is 0.231 bits per heavy atom. The van der Waals surface area contributed by atoms with Crippen LogP contribution in [0.5, 0.6) is 0 Å². The summed E-state index contributed by atoms with van der Waals surface area (Å²) < 4.78 is 16.4. The zero-order valence-electron chi connectivity index (χ0n) is 21.6. The molecule has 0 fully saturated rings. The van der Waals surface area contributed by atoms with Crippen molar-refractivity contribution < 1.29 is 0.889 Å². The second-order valence-electron chi connectivity index (χ2n) is 9.31. The van der Waals surface area contributed by atoms with E-state index in [1.165, 1.54) is 19.6 Å². The summed E-state index contributed by atoms with van der Waals surface area (Å²) in [6.45, 7) is 0. The number of rotatable bonds is 8. The van der Waals surface area contributed by atoms with E-state index >= 15 is 0 Å². The van der Waals surface area contributed by atoms with E-state index in [-0.39, 0.29) is 0 Å². The van der Waals surface area contributed by atoms with Crippen LogP contribution in [0.1, 0.15) is 0 Å². The molecule has 0 saturated heterocycles. The van der Waals surface area contributed by atoms with Gasteiger partial charge in [0, 0.05) is 0 Å². The zero-order valence-corrected chi connectivity index (χ0v) is 28.6. The van der Waals surface area contributed by atoms with Crippen LogP contribution in [-0.4, -0.2) is 41.4 Å². The first kappa shape index (κ1) is 26.3. The van der Waals surface area contributed by atoms with Crippen LogP contribution in [0.4, 0.5) is 0 Å². The molecule has 0 amide bonds. The predicted molar refractivity (Wildman–Crippen MR) is 169 cm³/mol. The predicted octanol–water partition coefficient (Wildman–Crippen LogP) is 4.34.